The van der Waals surface area contributed by atoms with Gasteiger partial charge in [-0.25, -0.2) is 0 Å². The molecule has 312 valence electrons. The second-order valence-corrected chi connectivity index (χ2v) is 16.8. The van der Waals surface area contributed by atoms with Crippen LogP contribution in [0.2, 0.25) is 0 Å². The number of rotatable bonds is 19. The predicted octanol–water partition coefficient (Wildman–Crippen LogP) is 14.3. The lowest BCUT2D eigenvalue weighted by molar-refractivity contribution is 0.324. The monoisotopic (exact) mass is 795 g/mol. The molecular formula is C58H70N2. The Kier molecular flexibility index (Phi) is 16.6. The van der Waals surface area contributed by atoms with Crippen molar-refractivity contribution in [2.45, 2.75) is 125 Å². The van der Waals surface area contributed by atoms with Crippen molar-refractivity contribution in [1.82, 2.24) is 9.88 Å². The maximum Gasteiger partial charge on any atom is 0.0785 e. The zero-order chi connectivity index (χ0) is 42.3. The first-order valence-electron chi connectivity index (χ1n) is 23.1. The summed E-state index contributed by atoms with van der Waals surface area (Å²) in [6.07, 6.45) is 56.6. The fourth-order valence-electron chi connectivity index (χ4n) is 9.48. The molecule has 1 aliphatic heterocycles. The molecule has 0 saturated carbocycles. The Morgan fingerprint density at radius 2 is 1.82 bits per heavy atom. The summed E-state index contributed by atoms with van der Waals surface area (Å²) in [5.41, 5.74) is 15.2. The first-order valence-corrected chi connectivity index (χ1v) is 23.1. The number of unbranched alkanes of at least 4 members (excludes halogenated alkanes) is 2. The molecule has 3 aliphatic carbocycles. The zero-order valence-electron chi connectivity index (χ0n) is 37.6. The van der Waals surface area contributed by atoms with Gasteiger partial charge in [0.1, 0.15) is 0 Å². The van der Waals surface area contributed by atoms with E-state index in [2.05, 4.69) is 179 Å². The molecule has 0 N–H and O–H groups in total. The molecule has 4 aliphatic rings. The van der Waals surface area contributed by atoms with E-state index in [0.29, 0.717) is 11.8 Å². The summed E-state index contributed by atoms with van der Waals surface area (Å²) < 4.78 is 0. The Bertz CT molecular complexity index is 2320. The van der Waals surface area contributed by atoms with Gasteiger partial charge in [-0.2, -0.15) is 0 Å². The first-order chi connectivity index (χ1) is 29.5. The highest BCUT2D eigenvalue weighted by Crippen LogP contribution is 2.41. The number of nitrogens with zero attached hydrogens (tertiary/aromatic N) is 2. The van der Waals surface area contributed by atoms with Crippen LogP contribution in [-0.4, -0.2) is 15.9 Å². The summed E-state index contributed by atoms with van der Waals surface area (Å²) in [5, 5.41) is 2.89. The van der Waals surface area contributed by atoms with E-state index >= 15 is 0 Å². The molecule has 0 radical (unpaired) electrons. The lowest BCUT2D eigenvalue weighted by atomic mass is 9.76. The summed E-state index contributed by atoms with van der Waals surface area (Å²) in [5.74, 6) is 1.03. The third kappa shape index (κ3) is 10.6. The Morgan fingerprint density at radius 3 is 2.55 bits per heavy atom. The molecular weight excluding hydrogens is 725 g/mol. The average Bonchev–Trinajstić information content (AvgIpc) is 3.27. The van der Waals surface area contributed by atoms with Crippen molar-refractivity contribution in [1.29, 1.82) is 0 Å². The van der Waals surface area contributed by atoms with Crippen LogP contribution in [0.15, 0.2) is 169 Å². The van der Waals surface area contributed by atoms with Gasteiger partial charge >= 0.3 is 0 Å². The van der Waals surface area contributed by atoms with Crippen LogP contribution in [0.3, 0.4) is 0 Å². The Hall–Kier alpha value is -5.21. The molecule has 3 atom stereocenters. The fourth-order valence-corrected chi connectivity index (χ4v) is 9.48. The lowest BCUT2D eigenvalue weighted by Gasteiger charge is -2.45. The van der Waals surface area contributed by atoms with Crippen LogP contribution in [-0.2, 0) is 6.42 Å². The lowest BCUT2D eigenvalue weighted by Crippen LogP contribution is -2.42. The van der Waals surface area contributed by atoms with Crippen LogP contribution in [0.4, 0.5) is 0 Å². The number of benzene rings is 1. The first kappa shape index (κ1) is 44.3. The van der Waals surface area contributed by atoms with Crippen LogP contribution in [0.5, 0.6) is 0 Å². The molecule has 0 saturated heterocycles. The van der Waals surface area contributed by atoms with E-state index in [4.69, 9.17) is 0 Å². The van der Waals surface area contributed by atoms with Crippen LogP contribution in [0.1, 0.15) is 129 Å². The smallest absolute Gasteiger partial charge is 0.0785 e. The van der Waals surface area contributed by atoms with Crippen molar-refractivity contribution in [3.63, 3.8) is 0 Å². The quantitative estimate of drug-likeness (QED) is 0.0800. The van der Waals surface area contributed by atoms with Gasteiger partial charge in [-0.3, -0.25) is 4.98 Å². The van der Waals surface area contributed by atoms with E-state index in [1.807, 2.05) is 18.5 Å². The van der Waals surface area contributed by atoms with Gasteiger partial charge in [0.2, 0.25) is 0 Å². The van der Waals surface area contributed by atoms with Crippen LogP contribution in [0.25, 0.3) is 22.8 Å². The van der Waals surface area contributed by atoms with E-state index in [1.54, 1.807) is 11.1 Å². The number of pyridine rings is 1. The van der Waals surface area contributed by atoms with E-state index in [9.17, 15) is 0 Å². The van der Waals surface area contributed by atoms with Gasteiger partial charge < -0.3 is 4.90 Å². The van der Waals surface area contributed by atoms with Gasteiger partial charge in [0, 0.05) is 35.8 Å². The van der Waals surface area contributed by atoms with Crippen molar-refractivity contribution < 1.29 is 0 Å². The van der Waals surface area contributed by atoms with E-state index in [-0.39, 0.29) is 6.04 Å². The molecule has 6 rings (SSSR count). The molecule has 2 heterocycles. The zero-order valence-corrected chi connectivity index (χ0v) is 37.6. The molecule has 1 aromatic carbocycles. The number of fused-ring (bicyclic) bond motifs is 2. The molecule has 3 unspecified atom stereocenters. The minimum atomic E-state index is 0.218. The average molecular weight is 795 g/mol. The number of hydrogen-bond acceptors (Lipinski definition) is 2. The summed E-state index contributed by atoms with van der Waals surface area (Å²) in [6.45, 7) is 17.4. The third-order valence-electron chi connectivity index (χ3n) is 12.8. The van der Waals surface area contributed by atoms with Crippen molar-refractivity contribution in [3.05, 3.63) is 196 Å². The third-order valence-corrected chi connectivity index (χ3v) is 12.8. The molecule has 1 aromatic heterocycles. The summed E-state index contributed by atoms with van der Waals surface area (Å²) in [7, 11) is 0. The Balaban J connectivity index is 1.30. The molecule has 2 aromatic rings. The van der Waals surface area contributed by atoms with Crippen molar-refractivity contribution >= 4 is 22.8 Å². The Labute approximate surface area is 363 Å². The molecule has 0 spiro atoms. The number of hydrogen-bond donors (Lipinski definition) is 0. The van der Waals surface area contributed by atoms with Crippen LogP contribution in [0, 0.1) is 11.8 Å². The second kappa shape index (κ2) is 22.4. The van der Waals surface area contributed by atoms with Gasteiger partial charge in [0.05, 0.1) is 6.04 Å². The van der Waals surface area contributed by atoms with Crippen LogP contribution >= 0.6 is 0 Å². The fraction of sp³-hybridized carbons (Fsp3) is 0.362. The largest absolute Gasteiger partial charge is 0.338 e. The van der Waals surface area contributed by atoms with Crippen molar-refractivity contribution in [2.75, 3.05) is 0 Å². The molecule has 60 heavy (non-hydrogen) atoms. The standard InChI is InChI=1S/C58H70N2/c1-8-14-16-25-43(7)47(26-17-15-9-2)30-22-29-45(12-5)58-40-51(31-23-28-44(11-4)57-42-59-41-46(13-6)52(57)24-10-3)60(58)50-37-35-48(36-38-50)56-39-49-27-18-19-32-53(49)54-33-20-21-34-55(54)56/h8,11-14,16,19-23,25-26,28-29,32-35,37,40-43,49,58H,6,9-10,15,17-18,24,27,30-31,36,38-39H2,1-5,7H3/b14-8-,25-16-,28-23-,29-22-,44-11+,45-12+,47-26-. The summed E-state index contributed by atoms with van der Waals surface area (Å²) in [6, 6.07) is 9.36. The second-order valence-electron chi connectivity index (χ2n) is 16.8. The highest BCUT2D eigenvalue weighted by molar-refractivity contribution is 5.78. The SMILES string of the molecule is C=Cc1cncc(C(/C=C\CC2=CC(C(/C=C\C/C(=C/CCCC)C(C)/C=C\C=C/C)=C/C)N2C2=CC=C(C3=c4ccccc4=C4C=CCCC4C3)CC2)=C/C)c1CCC. The highest BCUT2D eigenvalue weighted by atomic mass is 15.2. The molecule has 0 fully saturated rings. The molecule has 2 nitrogen and oxygen atoms in total. The van der Waals surface area contributed by atoms with Crippen molar-refractivity contribution in [2.24, 2.45) is 11.8 Å². The normalized spacial score (nSPS) is 20.5. The maximum absolute atomic E-state index is 4.60. The molecule has 0 amide bonds. The van der Waals surface area contributed by atoms with E-state index in [0.717, 1.165) is 56.9 Å². The van der Waals surface area contributed by atoms with Crippen LogP contribution < -0.4 is 10.4 Å². The van der Waals surface area contributed by atoms with Gasteiger partial charge in [-0.15, -0.1) is 0 Å². The molecule has 2 heteroatoms. The van der Waals surface area contributed by atoms with Crippen molar-refractivity contribution in [3.8, 4) is 0 Å². The van der Waals surface area contributed by atoms with E-state index < -0.39 is 0 Å². The van der Waals surface area contributed by atoms with Gasteiger partial charge in [-0.05, 0) is 146 Å². The Morgan fingerprint density at radius 1 is 0.967 bits per heavy atom. The predicted molar refractivity (Wildman–Crippen MR) is 262 cm³/mol. The minimum absolute atomic E-state index is 0.218. The topological polar surface area (TPSA) is 16.1 Å². The number of allylic oxidation sites excluding steroid dienone is 18. The minimum Gasteiger partial charge on any atom is -0.338 e. The summed E-state index contributed by atoms with van der Waals surface area (Å²) in [4.78, 5) is 7.24. The van der Waals surface area contributed by atoms with Gasteiger partial charge in [0.25, 0.3) is 0 Å². The number of aromatic nitrogens is 1. The summed E-state index contributed by atoms with van der Waals surface area (Å²) >= 11 is 0. The van der Waals surface area contributed by atoms with Gasteiger partial charge in [0.15, 0.2) is 0 Å². The highest BCUT2D eigenvalue weighted by Gasteiger charge is 2.33. The van der Waals surface area contributed by atoms with E-state index in [1.165, 1.54) is 80.9 Å². The molecule has 0 bridgehead atoms. The maximum atomic E-state index is 4.60. The van der Waals surface area contributed by atoms with Gasteiger partial charge in [-0.1, -0.05) is 168 Å².